The number of benzene rings is 4. The van der Waals surface area contributed by atoms with Crippen molar-refractivity contribution < 1.29 is 18.1 Å². The van der Waals surface area contributed by atoms with Crippen molar-refractivity contribution in [2.45, 2.75) is 105 Å². The van der Waals surface area contributed by atoms with Gasteiger partial charge in [-0.15, -0.1) is 0 Å². The Morgan fingerprint density at radius 2 is 0.469 bits per heavy atom. The molecule has 2 heterocycles. The molecule has 2 saturated heterocycles. The highest BCUT2D eigenvalue weighted by atomic mass is 32.5. The summed E-state index contributed by atoms with van der Waals surface area (Å²) >= 11 is 24.9. The molecule has 0 bridgehead atoms. The highest BCUT2D eigenvalue weighted by Gasteiger charge is 2.70. The third-order valence-electron chi connectivity index (χ3n) is 9.15. The van der Waals surface area contributed by atoms with Gasteiger partial charge < -0.3 is 18.1 Å². The first-order chi connectivity index (χ1) is 29.5. The van der Waals surface area contributed by atoms with E-state index in [0.717, 1.165) is 0 Å². The maximum atomic E-state index is 9.09. The third-order valence-corrected chi connectivity index (χ3v) is 33.1. The first-order valence-electron chi connectivity index (χ1n) is 20.0. The second kappa shape index (κ2) is 18.6. The van der Waals surface area contributed by atoms with E-state index in [9.17, 15) is 0 Å². The van der Waals surface area contributed by atoms with E-state index in [0.29, 0.717) is 45.3 Å². The number of nitrogens with zero attached hydrogens (tertiary/aromatic N) is 8. The van der Waals surface area contributed by atoms with Crippen molar-refractivity contribution in [3.8, 4) is 47.3 Å². The lowest BCUT2D eigenvalue weighted by Crippen LogP contribution is -2.58. The van der Waals surface area contributed by atoms with E-state index >= 15 is 0 Å². The Hall–Kier alpha value is -3.52. The van der Waals surface area contributed by atoms with Crippen LogP contribution in [-0.4, -0.2) is 39.9 Å². The van der Waals surface area contributed by atoms with E-state index < -0.39 is 48.4 Å². The molecule has 6 rings (SSSR count). The molecule has 336 valence electrons. The van der Waals surface area contributed by atoms with Gasteiger partial charge in [0.1, 0.15) is 23.0 Å². The molecular weight excluding hydrogens is 957 g/mol. The fourth-order valence-electron chi connectivity index (χ4n) is 7.08. The van der Waals surface area contributed by atoms with Gasteiger partial charge in [-0.05, 0) is 227 Å². The molecule has 0 aromatic heterocycles. The normalized spacial score (nSPS) is 24.1. The molecule has 0 spiro atoms. The molecule has 20 heteroatoms. The van der Waals surface area contributed by atoms with E-state index in [1.54, 1.807) is 97.1 Å². The molecule has 0 unspecified atom stereocenters. The van der Waals surface area contributed by atoms with Gasteiger partial charge in [0.25, 0.3) is 26.3 Å². The SMILES string of the molecule is CC(C)(C)N1P(=S)(Oc2ccc(C#N)cc2)N(C(C)(C)C)P1(=S)Oc1ccc(C#N)cc1.CC(C)(C)N1P(=S)(Oc2ccc(C#N)cc2)N(C(C)(C)C)P1(=S)Oc1ccc(C#N)cc1. The Morgan fingerprint density at radius 3 is 0.578 bits per heavy atom. The topological polar surface area (TPSA) is 145 Å². The van der Waals surface area contributed by atoms with Gasteiger partial charge in [-0.1, -0.05) is 0 Å². The minimum atomic E-state index is -2.79. The number of hydrogen-bond donors (Lipinski definition) is 0. The van der Waals surface area contributed by atoms with Crippen molar-refractivity contribution in [3.63, 3.8) is 0 Å². The molecule has 0 radical (unpaired) electrons. The Kier molecular flexibility index (Phi) is 15.0. The van der Waals surface area contributed by atoms with E-state index in [4.69, 9.17) is 86.4 Å². The largest absolute Gasteiger partial charge is 0.440 e. The lowest BCUT2D eigenvalue weighted by atomic mass is 10.1. The fourth-order valence-corrected chi connectivity index (χ4v) is 38.0. The van der Waals surface area contributed by atoms with Crippen LogP contribution in [0.15, 0.2) is 97.1 Å². The van der Waals surface area contributed by atoms with Crippen molar-refractivity contribution in [2.75, 3.05) is 0 Å². The van der Waals surface area contributed by atoms with Crippen molar-refractivity contribution >= 4 is 73.5 Å². The quantitative estimate of drug-likeness (QED) is 0.154. The summed E-state index contributed by atoms with van der Waals surface area (Å²) in [7, 11) is 0. The summed E-state index contributed by atoms with van der Waals surface area (Å²) in [5.41, 5.74) is 0.569. The number of nitriles is 4. The first kappa shape index (κ1) is 51.5. The number of rotatable bonds is 8. The van der Waals surface area contributed by atoms with Gasteiger partial charge in [0.2, 0.25) is 0 Å². The summed E-state index contributed by atoms with van der Waals surface area (Å²) in [6, 6.07) is 36.2. The number of hydrogen-bond acceptors (Lipinski definition) is 12. The van der Waals surface area contributed by atoms with Gasteiger partial charge in [0.15, 0.2) is 0 Å². The zero-order chi connectivity index (χ0) is 47.9. The standard InChI is InChI=1S/2C22H26N4O2P2S2/c2*1-21(2,3)25-29(31,27-19-11-7-17(15-23)8-12-19)26(22(4,5)6)30(25,32)28-20-13-9-18(16-24)10-14-20/h2*7-14H,1-6H3. The fraction of sp³-hybridized carbons (Fsp3) is 0.364. The van der Waals surface area contributed by atoms with Crippen LogP contribution in [0.25, 0.3) is 0 Å². The smallest absolute Gasteiger partial charge is 0.269 e. The molecule has 4 aromatic carbocycles. The van der Waals surface area contributed by atoms with Crippen molar-refractivity contribution in [1.82, 2.24) is 17.8 Å². The van der Waals surface area contributed by atoms with Gasteiger partial charge in [0, 0.05) is 22.2 Å². The monoisotopic (exact) mass is 1010 g/mol. The van der Waals surface area contributed by atoms with Crippen LogP contribution < -0.4 is 18.1 Å². The Bertz CT molecular complexity index is 2340. The van der Waals surface area contributed by atoms with Gasteiger partial charge in [-0.2, -0.15) is 38.8 Å². The molecule has 0 aliphatic carbocycles. The lowest BCUT2D eigenvalue weighted by molar-refractivity contribution is 0.220. The van der Waals surface area contributed by atoms with E-state index in [1.807, 2.05) is 0 Å². The zero-order valence-corrected chi connectivity index (χ0v) is 44.7. The minimum absolute atomic E-state index is 0.411. The molecule has 64 heavy (non-hydrogen) atoms. The molecule has 2 aliphatic heterocycles. The first-order valence-corrected chi connectivity index (χ1v) is 30.5. The second-order valence-corrected chi connectivity index (χ2v) is 33.5. The molecule has 0 atom stereocenters. The molecule has 4 aromatic rings. The van der Waals surface area contributed by atoms with Crippen LogP contribution in [0.3, 0.4) is 0 Å². The van der Waals surface area contributed by atoms with Crippen LogP contribution >= 0.6 is 26.3 Å². The molecule has 2 aliphatic rings. The summed E-state index contributed by atoms with van der Waals surface area (Å²) in [6.07, 6.45) is 0. The van der Waals surface area contributed by atoms with Crippen LogP contribution in [0.4, 0.5) is 0 Å². The molecule has 0 saturated carbocycles. The maximum absolute atomic E-state index is 9.09. The van der Waals surface area contributed by atoms with Crippen molar-refractivity contribution in [1.29, 1.82) is 21.0 Å². The third kappa shape index (κ3) is 10.4. The van der Waals surface area contributed by atoms with E-state index in [1.165, 1.54) is 0 Å². The summed E-state index contributed by atoms with van der Waals surface area (Å²) in [6.45, 7) is 13.5. The van der Waals surface area contributed by atoms with Crippen LogP contribution in [0.5, 0.6) is 23.0 Å². The summed E-state index contributed by atoms with van der Waals surface area (Å²) in [5.74, 6) is 2.37. The van der Waals surface area contributed by atoms with Crippen LogP contribution in [0.2, 0.25) is 0 Å². The maximum Gasteiger partial charge on any atom is 0.269 e. The lowest BCUT2D eigenvalue weighted by Gasteiger charge is -2.65. The van der Waals surface area contributed by atoms with Crippen molar-refractivity contribution in [2.24, 2.45) is 0 Å². The molecular formula is C44H52N8O4P4S4. The van der Waals surface area contributed by atoms with Gasteiger partial charge in [0.05, 0.1) is 46.5 Å². The van der Waals surface area contributed by atoms with Gasteiger partial charge in [-0.3, -0.25) is 0 Å². The Morgan fingerprint density at radius 1 is 0.328 bits per heavy atom. The zero-order valence-electron chi connectivity index (χ0n) is 37.9. The predicted molar refractivity (Wildman–Crippen MR) is 271 cm³/mol. The Balaban J connectivity index is 0.000000241. The molecule has 12 nitrogen and oxygen atoms in total. The highest BCUT2D eigenvalue weighted by molar-refractivity contribution is 8.28. The Labute approximate surface area is 399 Å². The van der Waals surface area contributed by atoms with Crippen LogP contribution in [0.1, 0.15) is 105 Å². The van der Waals surface area contributed by atoms with E-state index in [2.05, 4.69) is 125 Å². The average Bonchev–Trinajstić information content (AvgIpc) is 3.16. The van der Waals surface area contributed by atoms with Crippen LogP contribution in [0, 0.1) is 45.3 Å². The van der Waals surface area contributed by atoms with Crippen molar-refractivity contribution in [3.05, 3.63) is 119 Å². The summed E-state index contributed by atoms with van der Waals surface area (Å²) in [5, 5.41) is 36.4. The minimum Gasteiger partial charge on any atom is -0.440 e. The molecule has 2 fully saturated rings. The van der Waals surface area contributed by atoms with E-state index in [-0.39, 0.29) is 0 Å². The highest BCUT2D eigenvalue weighted by Crippen LogP contribution is 2.90. The molecule has 0 amide bonds. The van der Waals surface area contributed by atoms with Gasteiger partial charge >= 0.3 is 0 Å². The molecule has 0 N–H and O–H groups in total. The van der Waals surface area contributed by atoms with Gasteiger partial charge in [-0.25, -0.2) is 0 Å². The predicted octanol–water partition coefficient (Wildman–Crippen LogP) is 13.1. The second-order valence-electron chi connectivity index (χ2n) is 18.7. The summed E-state index contributed by atoms with van der Waals surface area (Å²) in [4.78, 5) is 0. The van der Waals surface area contributed by atoms with Crippen LogP contribution in [-0.2, 0) is 47.2 Å². The average molecular weight is 1010 g/mol. The summed E-state index contributed by atoms with van der Waals surface area (Å²) < 4.78 is 34.2.